The smallest absolute Gasteiger partial charge is 0.131 e. The highest BCUT2D eigenvalue weighted by Gasteiger charge is 2.23. The first-order chi connectivity index (χ1) is 11.3. The monoisotopic (exact) mass is 380 g/mol. The first-order valence-electron chi connectivity index (χ1n) is 8.00. The molecule has 0 radical (unpaired) electrons. The fourth-order valence-electron chi connectivity index (χ4n) is 3.26. The van der Waals surface area contributed by atoms with E-state index in [0.717, 1.165) is 52.4 Å². The van der Waals surface area contributed by atoms with Gasteiger partial charge in [-0.1, -0.05) is 15.9 Å². The quantitative estimate of drug-likeness (QED) is 0.807. The molecule has 0 fully saturated rings. The van der Waals surface area contributed by atoms with Gasteiger partial charge in [0.1, 0.15) is 24.7 Å². The first kappa shape index (κ1) is 16.6. The van der Waals surface area contributed by atoms with Gasteiger partial charge in [0.25, 0.3) is 0 Å². The van der Waals surface area contributed by atoms with Crippen LogP contribution in [0.15, 0.2) is 22.7 Å². The number of fused-ring (bicyclic) bond motifs is 2. The number of halogens is 1. The van der Waals surface area contributed by atoms with Gasteiger partial charge in [0.15, 0.2) is 0 Å². The zero-order valence-corrected chi connectivity index (χ0v) is 14.6. The van der Waals surface area contributed by atoms with Gasteiger partial charge in [0, 0.05) is 26.4 Å². The molecule has 4 nitrogen and oxygen atoms in total. The fraction of sp³-hybridized carbons (Fsp3) is 0.444. The Balaban J connectivity index is 2.24. The molecule has 2 aromatic carbocycles. The average Bonchev–Trinajstić information content (AvgIpc) is 2.58. The van der Waals surface area contributed by atoms with Gasteiger partial charge >= 0.3 is 0 Å². The fourth-order valence-corrected chi connectivity index (χ4v) is 3.62. The summed E-state index contributed by atoms with van der Waals surface area (Å²) in [5.41, 5.74) is 2.37. The average molecular weight is 381 g/mol. The summed E-state index contributed by atoms with van der Waals surface area (Å²) in [4.78, 5) is 0. The molecular formula is C18H21BrO4. The van der Waals surface area contributed by atoms with Crippen LogP contribution in [0, 0.1) is 0 Å². The van der Waals surface area contributed by atoms with E-state index in [1.54, 1.807) is 0 Å². The van der Waals surface area contributed by atoms with Crippen molar-refractivity contribution in [2.45, 2.75) is 25.7 Å². The summed E-state index contributed by atoms with van der Waals surface area (Å²) in [5.74, 6) is 1.73. The zero-order chi connectivity index (χ0) is 16.2. The predicted octanol–water partition coefficient (Wildman–Crippen LogP) is 3.22. The maximum atomic E-state index is 9.14. The highest BCUT2D eigenvalue weighted by atomic mass is 79.9. The summed E-state index contributed by atoms with van der Waals surface area (Å²) in [6, 6.07) is 6.04. The third kappa shape index (κ3) is 3.32. The summed E-state index contributed by atoms with van der Waals surface area (Å²) < 4.78 is 12.8. The summed E-state index contributed by atoms with van der Waals surface area (Å²) in [6.45, 7) is 0.557. The summed E-state index contributed by atoms with van der Waals surface area (Å²) in [6.07, 6.45) is 4.16. The Kier molecular flexibility index (Phi) is 5.41. The van der Waals surface area contributed by atoms with Crippen LogP contribution < -0.4 is 9.47 Å². The lowest BCUT2D eigenvalue weighted by Gasteiger charge is -2.25. The number of ether oxygens (including phenoxy) is 2. The molecule has 5 heteroatoms. The normalized spacial score (nSPS) is 13.9. The second kappa shape index (κ2) is 7.51. The molecule has 124 valence electrons. The largest absolute Gasteiger partial charge is 0.490 e. The SMILES string of the molecule is OCCOc1c2c(c(OCCO)c3cc(Br)ccc13)CCCC2. The van der Waals surface area contributed by atoms with Crippen molar-refractivity contribution < 1.29 is 19.7 Å². The van der Waals surface area contributed by atoms with Crippen molar-refractivity contribution in [1.82, 2.24) is 0 Å². The van der Waals surface area contributed by atoms with Crippen molar-refractivity contribution in [3.8, 4) is 11.5 Å². The van der Waals surface area contributed by atoms with Crippen LogP contribution in [0.1, 0.15) is 24.0 Å². The van der Waals surface area contributed by atoms with Crippen molar-refractivity contribution in [2.24, 2.45) is 0 Å². The first-order valence-corrected chi connectivity index (χ1v) is 8.80. The molecule has 0 spiro atoms. The summed E-state index contributed by atoms with van der Waals surface area (Å²) in [7, 11) is 0. The molecular weight excluding hydrogens is 360 g/mol. The van der Waals surface area contributed by atoms with Crippen LogP contribution in [-0.2, 0) is 12.8 Å². The molecule has 1 aliphatic carbocycles. The maximum absolute atomic E-state index is 9.14. The van der Waals surface area contributed by atoms with Gasteiger partial charge in [-0.05, 0) is 43.9 Å². The van der Waals surface area contributed by atoms with Crippen molar-refractivity contribution in [3.05, 3.63) is 33.8 Å². The van der Waals surface area contributed by atoms with Crippen LogP contribution in [0.5, 0.6) is 11.5 Å². The third-order valence-corrected chi connectivity index (χ3v) is 4.66. The molecule has 0 aliphatic heterocycles. The van der Waals surface area contributed by atoms with Crippen LogP contribution in [0.25, 0.3) is 10.8 Å². The van der Waals surface area contributed by atoms with E-state index in [4.69, 9.17) is 19.7 Å². The Morgan fingerprint density at radius 3 is 2.00 bits per heavy atom. The molecule has 23 heavy (non-hydrogen) atoms. The van der Waals surface area contributed by atoms with Gasteiger partial charge in [-0.3, -0.25) is 0 Å². The lowest BCUT2D eigenvalue weighted by atomic mass is 9.87. The minimum atomic E-state index is -0.00691. The van der Waals surface area contributed by atoms with Gasteiger partial charge in [0.2, 0.25) is 0 Å². The summed E-state index contributed by atoms with van der Waals surface area (Å²) >= 11 is 3.52. The van der Waals surface area contributed by atoms with E-state index in [9.17, 15) is 0 Å². The second-order valence-corrected chi connectivity index (χ2v) is 6.57. The van der Waals surface area contributed by atoms with Crippen LogP contribution in [-0.4, -0.2) is 36.6 Å². The van der Waals surface area contributed by atoms with E-state index in [2.05, 4.69) is 15.9 Å². The molecule has 2 aromatic rings. The van der Waals surface area contributed by atoms with Crippen LogP contribution >= 0.6 is 15.9 Å². The number of rotatable bonds is 6. The Hall–Kier alpha value is -1.30. The molecule has 0 saturated carbocycles. The van der Waals surface area contributed by atoms with Crippen molar-refractivity contribution in [1.29, 1.82) is 0 Å². The molecule has 0 atom stereocenters. The molecule has 0 bridgehead atoms. The number of aliphatic hydroxyl groups excluding tert-OH is 2. The van der Waals surface area contributed by atoms with Crippen molar-refractivity contribution >= 4 is 26.7 Å². The minimum Gasteiger partial charge on any atom is -0.490 e. The molecule has 3 rings (SSSR count). The van der Waals surface area contributed by atoms with E-state index in [0.29, 0.717) is 0 Å². The van der Waals surface area contributed by atoms with E-state index < -0.39 is 0 Å². The number of hydrogen-bond donors (Lipinski definition) is 2. The van der Waals surface area contributed by atoms with Crippen molar-refractivity contribution in [2.75, 3.05) is 26.4 Å². The molecule has 0 aromatic heterocycles. The van der Waals surface area contributed by atoms with Gasteiger partial charge in [0.05, 0.1) is 13.2 Å². The van der Waals surface area contributed by atoms with E-state index in [1.807, 2.05) is 18.2 Å². The minimum absolute atomic E-state index is 0.00441. The Bertz CT molecular complexity index is 699. The Morgan fingerprint density at radius 1 is 0.870 bits per heavy atom. The zero-order valence-electron chi connectivity index (χ0n) is 13.0. The number of benzene rings is 2. The van der Waals surface area contributed by atoms with Gasteiger partial charge < -0.3 is 19.7 Å². The second-order valence-electron chi connectivity index (χ2n) is 5.66. The maximum Gasteiger partial charge on any atom is 0.131 e. The molecule has 2 N–H and O–H groups in total. The van der Waals surface area contributed by atoms with E-state index in [-0.39, 0.29) is 26.4 Å². The van der Waals surface area contributed by atoms with Crippen LogP contribution in [0.3, 0.4) is 0 Å². The third-order valence-electron chi connectivity index (χ3n) is 4.16. The molecule has 0 amide bonds. The highest BCUT2D eigenvalue weighted by Crippen LogP contribution is 2.44. The van der Waals surface area contributed by atoms with Gasteiger partial charge in [-0.25, -0.2) is 0 Å². The Morgan fingerprint density at radius 2 is 1.43 bits per heavy atom. The molecule has 1 aliphatic rings. The standard InChI is InChI=1S/C18H21BrO4/c19-12-5-6-15-16(11-12)18(23-10-8-21)14-4-2-1-3-13(14)17(15)22-9-7-20/h5-6,11,20-21H,1-4,7-10H2. The van der Waals surface area contributed by atoms with Crippen LogP contribution in [0.2, 0.25) is 0 Å². The Labute approximate surface area is 144 Å². The number of hydrogen-bond acceptors (Lipinski definition) is 4. The lowest BCUT2D eigenvalue weighted by molar-refractivity contribution is 0.197. The van der Waals surface area contributed by atoms with Gasteiger partial charge in [-0.15, -0.1) is 0 Å². The van der Waals surface area contributed by atoms with E-state index >= 15 is 0 Å². The highest BCUT2D eigenvalue weighted by molar-refractivity contribution is 9.10. The lowest BCUT2D eigenvalue weighted by Crippen LogP contribution is -2.13. The van der Waals surface area contributed by atoms with Crippen molar-refractivity contribution in [3.63, 3.8) is 0 Å². The van der Waals surface area contributed by atoms with Crippen LogP contribution in [0.4, 0.5) is 0 Å². The molecule has 0 unspecified atom stereocenters. The number of aliphatic hydroxyl groups is 2. The topological polar surface area (TPSA) is 58.9 Å². The predicted molar refractivity (Wildman–Crippen MR) is 93.5 cm³/mol. The van der Waals surface area contributed by atoms with Gasteiger partial charge in [-0.2, -0.15) is 0 Å². The summed E-state index contributed by atoms with van der Waals surface area (Å²) in [5, 5.41) is 20.3. The van der Waals surface area contributed by atoms with E-state index in [1.165, 1.54) is 11.1 Å². The molecule has 0 saturated heterocycles. The molecule has 0 heterocycles.